The van der Waals surface area contributed by atoms with Crippen molar-refractivity contribution < 1.29 is 43.9 Å². The van der Waals surface area contributed by atoms with Crippen LogP contribution in [0.5, 0.6) is 0 Å². The largest absolute Gasteiger partial charge is 0.430 e. The van der Waals surface area contributed by atoms with E-state index in [4.69, 9.17) is 0 Å². The number of halogens is 7. The number of ether oxygens (including phenoxy) is 1. The average molecular weight is 561 g/mol. The van der Waals surface area contributed by atoms with Crippen LogP contribution in [0.15, 0.2) is 83.8 Å². The lowest BCUT2D eigenvalue weighted by Gasteiger charge is -2.38. The van der Waals surface area contributed by atoms with Crippen LogP contribution in [-0.2, 0) is 31.5 Å². The van der Waals surface area contributed by atoms with E-state index in [-0.39, 0.29) is 28.9 Å². The van der Waals surface area contributed by atoms with Gasteiger partial charge in [0.2, 0.25) is 0 Å². The summed E-state index contributed by atoms with van der Waals surface area (Å²) in [5.41, 5.74) is -5.70. The SMILES string of the molecule is O=S(=O)(c1ccc(F)cc1)C1(c2ccc(C(OCc3ccccc3)(C(F)(F)F)C(F)(F)F)cc2)CCCC1. The summed E-state index contributed by atoms with van der Waals surface area (Å²) >= 11 is 0. The Labute approximate surface area is 215 Å². The zero-order valence-corrected chi connectivity index (χ0v) is 20.6. The van der Waals surface area contributed by atoms with Crippen LogP contribution in [0, 0.1) is 5.82 Å². The summed E-state index contributed by atoms with van der Waals surface area (Å²) in [6, 6.07) is 14.5. The molecule has 1 saturated carbocycles. The van der Waals surface area contributed by atoms with Crippen molar-refractivity contribution in [3.63, 3.8) is 0 Å². The number of sulfone groups is 1. The molecule has 38 heavy (non-hydrogen) atoms. The van der Waals surface area contributed by atoms with E-state index in [1.165, 1.54) is 24.3 Å². The Bertz CT molecular complexity index is 1330. The van der Waals surface area contributed by atoms with Crippen molar-refractivity contribution in [3.8, 4) is 0 Å². The molecule has 0 spiro atoms. The first-order valence-corrected chi connectivity index (χ1v) is 13.2. The highest BCUT2D eigenvalue weighted by Gasteiger charge is 2.73. The Morgan fingerprint density at radius 3 is 1.76 bits per heavy atom. The topological polar surface area (TPSA) is 43.4 Å². The van der Waals surface area contributed by atoms with Crippen LogP contribution in [0.3, 0.4) is 0 Å². The lowest BCUT2D eigenvalue weighted by molar-refractivity contribution is -0.392. The van der Waals surface area contributed by atoms with Crippen molar-refractivity contribution in [2.24, 2.45) is 0 Å². The Kier molecular flexibility index (Phi) is 7.39. The molecule has 3 aromatic rings. The van der Waals surface area contributed by atoms with Gasteiger partial charge in [0.05, 0.1) is 11.5 Å². The van der Waals surface area contributed by atoms with Crippen LogP contribution in [0.25, 0.3) is 0 Å². The maximum Gasteiger partial charge on any atom is 0.430 e. The summed E-state index contributed by atoms with van der Waals surface area (Å²) in [7, 11) is -4.16. The molecule has 1 aliphatic carbocycles. The molecule has 0 heterocycles. The first-order chi connectivity index (χ1) is 17.7. The molecule has 0 radical (unpaired) electrons. The summed E-state index contributed by atoms with van der Waals surface area (Å²) < 4.78 is 129. The van der Waals surface area contributed by atoms with Crippen LogP contribution in [0.2, 0.25) is 0 Å². The molecule has 0 N–H and O–H groups in total. The van der Waals surface area contributed by atoms with E-state index in [0.29, 0.717) is 25.0 Å². The predicted molar refractivity (Wildman–Crippen MR) is 125 cm³/mol. The van der Waals surface area contributed by atoms with Gasteiger partial charge in [-0.3, -0.25) is 0 Å². The molecular formula is C27H23F7O3S. The summed E-state index contributed by atoms with van der Waals surface area (Å²) in [6.45, 7) is -0.968. The van der Waals surface area contributed by atoms with Crippen LogP contribution in [-0.4, -0.2) is 20.8 Å². The molecule has 11 heteroatoms. The third kappa shape index (κ3) is 4.70. The number of alkyl halides is 6. The lowest BCUT2D eigenvalue weighted by Crippen LogP contribution is -2.55. The van der Waals surface area contributed by atoms with E-state index in [0.717, 1.165) is 36.4 Å². The zero-order valence-electron chi connectivity index (χ0n) is 19.8. The minimum absolute atomic E-state index is 0.0596. The van der Waals surface area contributed by atoms with Crippen molar-refractivity contribution in [2.45, 2.75) is 59.9 Å². The van der Waals surface area contributed by atoms with Gasteiger partial charge < -0.3 is 4.74 Å². The molecule has 3 nitrogen and oxygen atoms in total. The van der Waals surface area contributed by atoms with Gasteiger partial charge in [0.15, 0.2) is 9.84 Å². The summed E-state index contributed by atoms with van der Waals surface area (Å²) in [4.78, 5) is -0.184. The van der Waals surface area contributed by atoms with Gasteiger partial charge in [-0.05, 0) is 48.2 Å². The normalized spacial score (nSPS) is 16.5. The van der Waals surface area contributed by atoms with Gasteiger partial charge in [0.25, 0.3) is 5.60 Å². The Balaban J connectivity index is 1.80. The van der Waals surface area contributed by atoms with E-state index in [2.05, 4.69) is 4.74 Å². The molecule has 4 rings (SSSR count). The fourth-order valence-electron chi connectivity index (χ4n) is 5.01. The average Bonchev–Trinajstić information content (AvgIpc) is 3.36. The molecule has 0 bridgehead atoms. The molecule has 1 fully saturated rings. The van der Waals surface area contributed by atoms with Crippen molar-refractivity contribution in [1.82, 2.24) is 0 Å². The molecule has 3 aromatic carbocycles. The summed E-state index contributed by atoms with van der Waals surface area (Å²) in [5, 5.41) is 0. The van der Waals surface area contributed by atoms with Gasteiger partial charge in [0.1, 0.15) is 10.6 Å². The third-order valence-corrected chi connectivity index (χ3v) is 9.53. The minimum atomic E-state index is -5.88. The quantitative estimate of drug-likeness (QED) is 0.221. The number of hydrogen-bond donors (Lipinski definition) is 0. The maximum absolute atomic E-state index is 14.2. The highest BCUT2D eigenvalue weighted by Crippen LogP contribution is 2.54. The molecular weight excluding hydrogens is 537 g/mol. The van der Waals surface area contributed by atoms with Crippen molar-refractivity contribution in [3.05, 3.63) is 101 Å². The van der Waals surface area contributed by atoms with Crippen molar-refractivity contribution in [1.29, 1.82) is 0 Å². The Morgan fingerprint density at radius 1 is 0.737 bits per heavy atom. The van der Waals surface area contributed by atoms with E-state index in [9.17, 15) is 39.2 Å². The minimum Gasteiger partial charge on any atom is -0.349 e. The highest BCUT2D eigenvalue weighted by atomic mass is 32.2. The monoisotopic (exact) mass is 560 g/mol. The molecule has 0 saturated heterocycles. The van der Waals surface area contributed by atoms with Gasteiger partial charge in [-0.1, -0.05) is 67.4 Å². The van der Waals surface area contributed by atoms with Crippen LogP contribution < -0.4 is 0 Å². The second-order valence-electron chi connectivity index (χ2n) is 9.19. The van der Waals surface area contributed by atoms with Gasteiger partial charge >= 0.3 is 12.4 Å². The Hall–Kier alpha value is -2.92. The van der Waals surface area contributed by atoms with E-state index < -0.39 is 50.5 Å². The van der Waals surface area contributed by atoms with Crippen LogP contribution in [0.4, 0.5) is 30.7 Å². The van der Waals surface area contributed by atoms with Gasteiger partial charge in [0, 0.05) is 5.56 Å². The fourth-order valence-corrected chi connectivity index (χ4v) is 7.23. The van der Waals surface area contributed by atoms with E-state index >= 15 is 0 Å². The molecule has 0 amide bonds. The maximum atomic E-state index is 14.2. The first-order valence-electron chi connectivity index (χ1n) is 11.7. The van der Waals surface area contributed by atoms with Gasteiger partial charge in [-0.25, -0.2) is 12.8 Å². The molecule has 0 aromatic heterocycles. The second kappa shape index (κ2) is 10.00. The number of rotatable bonds is 7. The Morgan fingerprint density at radius 2 is 1.26 bits per heavy atom. The number of hydrogen-bond acceptors (Lipinski definition) is 3. The van der Waals surface area contributed by atoms with E-state index in [1.54, 1.807) is 6.07 Å². The van der Waals surface area contributed by atoms with Gasteiger partial charge in [-0.2, -0.15) is 26.3 Å². The molecule has 0 unspecified atom stereocenters. The highest BCUT2D eigenvalue weighted by molar-refractivity contribution is 7.92. The van der Waals surface area contributed by atoms with Crippen molar-refractivity contribution >= 4 is 9.84 Å². The van der Waals surface area contributed by atoms with Crippen LogP contribution in [0.1, 0.15) is 42.4 Å². The zero-order chi connectivity index (χ0) is 27.8. The smallest absolute Gasteiger partial charge is 0.349 e. The first kappa shape index (κ1) is 28.1. The summed E-state index contributed by atoms with van der Waals surface area (Å²) in [6.07, 6.45) is -10.6. The van der Waals surface area contributed by atoms with Gasteiger partial charge in [-0.15, -0.1) is 0 Å². The molecule has 1 aliphatic rings. The third-order valence-electron chi connectivity index (χ3n) is 6.96. The lowest BCUT2D eigenvalue weighted by atomic mass is 9.88. The molecule has 204 valence electrons. The second-order valence-corrected chi connectivity index (χ2v) is 11.4. The molecule has 0 aliphatic heterocycles. The van der Waals surface area contributed by atoms with E-state index in [1.807, 2.05) is 0 Å². The number of benzene rings is 3. The standard InChI is InChI=1S/C27H23F7O3S/c28-22-12-14-23(15-13-22)38(35,36)24(16-4-5-17-24)20-8-10-21(11-9-20)25(26(29,30)31,27(32,33)34)37-18-19-6-2-1-3-7-19/h1-3,6-15H,4-5,16-18H2. The fraction of sp³-hybridized carbons (Fsp3) is 0.333. The summed E-state index contributed by atoms with van der Waals surface area (Å²) in [5.74, 6) is -0.653. The van der Waals surface area contributed by atoms with Crippen LogP contribution >= 0.6 is 0 Å². The predicted octanol–water partition coefficient (Wildman–Crippen LogP) is 7.61. The molecule has 0 atom stereocenters. The van der Waals surface area contributed by atoms with Crippen molar-refractivity contribution in [2.75, 3.05) is 0 Å².